The highest BCUT2D eigenvalue weighted by molar-refractivity contribution is 7.94. The summed E-state index contributed by atoms with van der Waals surface area (Å²) < 4.78 is 22.5. The highest BCUT2D eigenvalue weighted by atomic mass is 32.2. The van der Waals surface area contributed by atoms with E-state index in [2.05, 4.69) is 30.6 Å². The number of rotatable bonds is 3. The minimum absolute atomic E-state index is 0.0542. The molecule has 2 rings (SSSR count). The highest BCUT2D eigenvalue weighted by Crippen LogP contribution is 2.24. The maximum Gasteiger partial charge on any atom is 0.173 e. The van der Waals surface area contributed by atoms with E-state index < -0.39 is 9.84 Å². The van der Waals surface area contributed by atoms with Crippen LogP contribution in [-0.4, -0.2) is 20.2 Å². The second-order valence-corrected chi connectivity index (χ2v) is 7.00. The van der Waals surface area contributed by atoms with Crippen LogP contribution in [-0.2, 0) is 9.84 Å². The molecule has 3 nitrogen and oxygen atoms in total. The van der Waals surface area contributed by atoms with Gasteiger partial charge in [0.25, 0.3) is 0 Å². The Labute approximate surface area is 100 Å². The van der Waals surface area contributed by atoms with Crippen LogP contribution in [0.15, 0.2) is 22.9 Å². The first-order valence-electron chi connectivity index (χ1n) is 5.19. The lowest BCUT2D eigenvalue weighted by atomic mass is 10.1. The van der Waals surface area contributed by atoms with Gasteiger partial charge in [0.2, 0.25) is 0 Å². The van der Waals surface area contributed by atoms with E-state index in [1.165, 1.54) is 15.8 Å². The second-order valence-electron chi connectivity index (χ2n) is 4.12. The third-order valence-electron chi connectivity index (χ3n) is 2.69. The van der Waals surface area contributed by atoms with E-state index in [9.17, 15) is 8.42 Å². The monoisotopic (exact) mass is 257 g/mol. The molecule has 0 aromatic carbocycles. The molecular formula is C11H15NO2S2. The molecule has 1 aromatic rings. The van der Waals surface area contributed by atoms with E-state index >= 15 is 0 Å². The van der Waals surface area contributed by atoms with Crippen LogP contribution < -0.4 is 5.32 Å². The lowest BCUT2D eigenvalue weighted by Crippen LogP contribution is -2.32. The van der Waals surface area contributed by atoms with Gasteiger partial charge >= 0.3 is 0 Å². The summed E-state index contributed by atoms with van der Waals surface area (Å²) in [6.07, 6.45) is 1.73. The molecule has 5 heteroatoms. The molecule has 1 N–H and O–H groups in total. The maximum absolute atomic E-state index is 11.3. The van der Waals surface area contributed by atoms with Gasteiger partial charge in [-0.2, -0.15) is 0 Å². The van der Waals surface area contributed by atoms with Crippen molar-refractivity contribution in [2.75, 3.05) is 5.75 Å². The summed E-state index contributed by atoms with van der Waals surface area (Å²) in [6, 6.07) is 2.23. The van der Waals surface area contributed by atoms with Crippen LogP contribution in [0.3, 0.4) is 0 Å². The number of nitrogens with one attached hydrogen (secondary N) is 1. The Balaban J connectivity index is 2.02. The Morgan fingerprint density at radius 2 is 2.31 bits per heavy atom. The van der Waals surface area contributed by atoms with Crippen molar-refractivity contribution < 1.29 is 8.42 Å². The molecule has 2 atom stereocenters. The average Bonchev–Trinajstić information content (AvgIpc) is 2.72. The van der Waals surface area contributed by atoms with E-state index in [0.717, 1.165) is 0 Å². The van der Waals surface area contributed by atoms with Crippen LogP contribution in [0.5, 0.6) is 0 Å². The van der Waals surface area contributed by atoms with E-state index in [4.69, 9.17) is 0 Å². The highest BCUT2D eigenvalue weighted by Gasteiger charge is 2.23. The molecule has 1 aliphatic heterocycles. The first kappa shape index (κ1) is 11.8. The Kier molecular flexibility index (Phi) is 3.19. The normalized spacial score (nSPS) is 24.8. The Morgan fingerprint density at radius 1 is 1.56 bits per heavy atom. The van der Waals surface area contributed by atoms with Crippen LogP contribution >= 0.6 is 11.3 Å². The predicted octanol–water partition coefficient (Wildman–Crippen LogP) is 2.02. The van der Waals surface area contributed by atoms with Gasteiger partial charge in [0.15, 0.2) is 9.84 Å². The van der Waals surface area contributed by atoms with Gasteiger partial charge in [0.05, 0.1) is 5.75 Å². The maximum atomic E-state index is 11.3. The SMILES string of the molecule is Cc1ccsc1C(C)NC1C=CS(=O)(=O)C1. The quantitative estimate of drug-likeness (QED) is 0.901. The molecule has 0 fully saturated rings. The standard InChI is InChI=1S/C11H15NO2S2/c1-8-3-5-15-11(8)9(2)12-10-4-6-16(13,14)7-10/h3-6,9-10,12H,7H2,1-2H3. The van der Waals surface area contributed by atoms with Gasteiger partial charge in [-0.05, 0) is 30.9 Å². The Bertz CT molecular complexity index is 502. The van der Waals surface area contributed by atoms with Crippen LogP contribution in [0.4, 0.5) is 0 Å². The third-order valence-corrected chi connectivity index (χ3v) is 5.29. The molecule has 1 aliphatic rings. The fraction of sp³-hybridized carbons (Fsp3) is 0.455. The largest absolute Gasteiger partial charge is 0.302 e. The fourth-order valence-corrected chi connectivity index (χ4v) is 4.10. The van der Waals surface area contributed by atoms with Crippen molar-refractivity contribution in [3.05, 3.63) is 33.4 Å². The minimum atomic E-state index is -2.96. The van der Waals surface area contributed by atoms with Crippen molar-refractivity contribution in [1.29, 1.82) is 0 Å². The molecule has 88 valence electrons. The molecule has 0 amide bonds. The molecule has 0 saturated heterocycles. The topological polar surface area (TPSA) is 46.2 Å². The first-order chi connectivity index (χ1) is 7.48. The number of sulfone groups is 1. The molecular weight excluding hydrogens is 242 g/mol. The van der Waals surface area contributed by atoms with Crippen LogP contribution in [0, 0.1) is 6.92 Å². The fourth-order valence-electron chi connectivity index (χ4n) is 1.90. The zero-order valence-corrected chi connectivity index (χ0v) is 10.9. The smallest absolute Gasteiger partial charge is 0.173 e. The van der Waals surface area contributed by atoms with E-state index in [-0.39, 0.29) is 17.8 Å². The van der Waals surface area contributed by atoms with Gasteiger partial charge in [-0.3, -0.25) is 0 Å². The van der Waals surface area contributed by atoms with Crippen molar-refractivity contribution in [2.24, 2.45) is 0 Å². The van der Waals surface area contributed by atoms with Crippen molar-refractivity contribution in [3.63, 3.8) is 0 Å². The van der Waals surface area contributed by atoms with Crippen LogP contribution in [0.25, 0.3) is 0 Å². The number of hydrogen-bond donors (Lipinski definition) is 1. The van der Waals surface area contributed by atoms with Gasteiger partial charge in [-0.15, -0.1) is 11.3 Å². The third kappa shape index (κ3) is 2.53. The lowest BCUT2D eigenvalue weighted by Gasteiger charge is -2.17. The lowest BCUT2D eigenvalue weighted by molar-refractivity contribution is 0.539. The van der Waals surface area contributed by atoms with Crippen molar-refractivity contribution in [3.8, 4) is 0 Å². The molecule has 16 heavy (non-hydrogen) atoms. The Morgan fingerprint density at radius 3 is 2.81 bits per heavy atom. The zero-order chi connectivity index (χ0) is 11.8. The van der Waals surface area contributed by atoms with Crippen LogP contribution in [0.2, 0.25) is 0 Å². The number of thiophene rings is 1. The summed E-state index contributed by atoms with van der Waals surface area (Å²) in [5.41, 5.74) is 1.26. The van der Waals surface area contributed by atoms with Gasteiger partial charge in [0.1, 0.15) is 0 Å². The summed E-state index contributed by atoms with van der Waals surface area (Å²) in [6.45, 7) is 4.14. The van der Waals surface area contributed by atoms with Gasteiger partial charge < -0.3 is 5.32 Å². The molecule has 0 bridgehead atoms. The molecule has 1 aromatic heterocycles. The molecule has 0 radical (unpaired) electrons. The molecule has 0 saturated carbocycles. The van der Waals surface area contributed by atoms with Gasteiger partial charge in [0, 0.05) is 22.4 Å². The van der Waals surface area contributed by atoms with Gasteiger partial charge in [-0.25, -0.2) is 8.42 Å². The molecule has 0 aliphatic carbocycles. The molecule has 2 heterocycles. The van der Waals surface area contributed by atoms with E-state index in [0.29, 0.717) is 0 Å². The van der Waals surface area contributed by atoms with Crippen molar-refractivity contribution in [1.82, 2.24) is 5.32 Å². The number of hydrogen-bond acceptors (Lipinski definition) is 4. The summed E-state index contributed by atoms with van der Waals surface area (Å²) in [4.78, 5) is 1.28. The van der Waals surface area contributed by atoms with Gasteiger partial charge in [-0.1, -0.05) is 6.08 Å². The summed E-state index contributed by atoms with van der Waals surface area (Å²) in [5, 5.41) is 6.69. The average molecular weight is 257 g/mol. The molecule has 2 unspecified atom stereocenters. The summed E-state index contributed by atoms with van der Waals surface area (Å²) in [5.74, 6) is 0.182. The zero-order valence-electron chi connectivity index (χ0n) is 9.30. The molecule has 0 spiro atoms. The van der Waals surface area contributed by atoms with E-state index in [1.54, 1.807) is 17.4 Å². The predicted molar refractivity (Wildman–Crippen MR) is 67.3 cm³/mol. The Hall–Kier alpha value is -0.650. The van der Waals surface area contributed by atoms with Crippen LogP contribution in [0.1, 0.15) is 23.4 Å². The van der Waals surface area contributed by atoms with Crippen molar-refractivity contribution in [2.45, 2.75) is 25.9 Å². The number of aryl methyl sites for hydroxylation is 1. The minimum Gasteiger partial charge on any atom is -0.302 e. The summed E-state index contributed by atoms with van der Waals surface area (Å²) in [7, 11) is -2.96. The second kappa shape index (κ2) is 4.31. The summed E-state index contributed by atoms with van der Waals surface area (Å²) >= 11 is 1.70. The first-order valence-corrected chi connectivity index (χ1v) is 7.78. The van der Waals surface area contributed by atoms with Crippen molar-refractivity contribution >= 4 is 21.2 Å². The van der Waals surface area contributed by atoms with E-state index in [1.807, 2.05) is 0 Å².